The molecule has 0 bridgehead atoms. The van der Waals surface area contributed by atoms with E-state index in [1.807, 2.05) is 47.3 Å². The number of carbonyl (C=O) groups excluding carboxylic acids is 1. The number of thioether (sulfide) groups is 1. The van der Waals surface area contributed by atoms with Gasteiger partial charge in [0.05, 0.1) is 11.9 Å². The fraction of sp³-hybridized carbons (Fsp3) is 0.235. The van der Waals surface area contributed by atoms with Crippen LogP contribution in [0.2, 0.25) is 0 Å². The molecule has 0 spiro atoms. The second-order valence-electron chi connectivity index (χ2n) is 5.60. The summed E-state index contributed by atoms with van der Waals surface area (Å²) in [6.07, 6.45) is 9.71. The largest absolute Gasteiger partial charge is 0.349 e. The first-order chi connectivity index (χ1) is 11.3. The Kier molecular flexibility index (Phi) is 3.53. The third kappa shape index (κ3) is 2.70. The summed E-state index contributed by atoms with van der Waals surface area (Å²) in [6.45, 7) is 0. The second-order valence-corrected chi connectivity index (χ2v) is 6.39. The Bertz CT molecular complexity index is 874. The normalized spacial score (nSPS) is 14.1. The minimum Gasteiger partial charge on any atom is -0.349 e. The van der Waals surface area contributed by atoms with Crippen molar-refractivity contribution in [2.24, 2.45) is 0 Å². The van der Waals surface area contributed by atoms with Crippen LogP contribution in [0.5, 0.6) is 0 Å². The zero-order valence-electron chi connectivity index (χ0n) is 12.7. The van der Waals surface area contributed by atoms with Crippen molar-refractivity contribution in [3.63, 3.8) is 0 Å². The number of rotatable bonds is 4. The van der Waals surface area contributed by atoms with E-state index in [4.69, 9.17) is 0 Å². The van der Waals surface area contributed by atoms with Crippen LogP contribution in [0.25, 0.3) is 16.9 Å². The van der Waals surface area contributed by atoms with Crippen molar-refractivity contribution < 1.29 is 6.22 Å². The van der Waals surface area contributed by atoms with Gasteiger partial charge in [-0.15, -0.1) is 11.8 Å². The van der Waals surface area contributed by atoms with Gasteiger partial charge < -0.3 is 5.32 Å². The monoisotopic (exact) mass is 326 g/mol. The minimum atomic E-state index is 0. The highest BCUT2D eigenvalue weighted by molar-refractivity contribution is 7.98. The van der Waals surface area contributed by atoms with E-state index in [1.54, 1.807) is 18.0 Å². The number of carbonyl (C=O) groups is 1. The molecule has 1 saturated carbocycles. The van der Waals surface area contributed by atoms with Crippen LogP contribution in [0.1, 0.15) is 24.6 Å². The van der Waals surface area contributed by atoms with Gasteiger partial charge in [0.2, 0.25) is 0 Å². The van der Waals surface area contributed by atoms with Gasteiger partial charge >= 0.3 is 0 Å². The van der Waals surface area contributed by atoms with Crippen molar-refractivity contribution in [1.82, 2.24) is 19.7 Å². The molecule has 6 heteroatoms. The van der Waals surface area contributed by atoms with E-state index in [2.05, 4.69) is 15.3 Å². The highest BCUT2D eigenvalue weighted by Gasteiger charge is 2.23. The predicted molar refractivity (Wildman–Crippen MR) is 92.8 cm³/mol. The van der Waals surface area contributed by atoms with Crippen molar-refractivity contribution in [2.45, 2.75) is 23.9 Å². The molecule has 0 radical (unpaired) electrons. The Balaban J connectivity index is 0.00000169. The lowest BCUT2D eigenvalue weighted by Crippen LogP contribution is -2.25. The Hall–Kier alpha value is -2.34. The Morgan fingerprint density at radius 3 is 2.78 bits per heavy atom. The molecule has 0 saturated heterocycles. The van der Waals surface area contributed by atoms with Crippen LogP contribution >= 0.6 is 11.8 Å². The summed E-state index contributed by atoms with van der Waals surface area (Å²) in [5.41, 5.74) is 3.57. The second kappa shape index (κ2) is 5.70. The van der Waals surface area contributed by atoms with Crippen LogP contribution in [0.15, 0.2) is 47.9 Å². The van der Waals surface area contributed by atoms with Crippen molar-refractivity contribution in [2.75, 3.05) is 6.26 Å². The number of benzene rings is 1. The average Bonchev–Trinajstić information content (AvgIpc) is 3.30. The van der Waals surface area contributed by atoms with Gasteiger partial charge in [0.25, 0.3) is 5.91 Å². The van der Waals surface area contributed by atoms with Crippen LogP contribution in [0, 0.1) is 0 Å². The standard InChI is InChI=1S/C17H16N4OS.H2/c1-23-17-15-19-10-14(21(15)9-8-18-17)11-2-4-12(5-3-11)16(22)20-13-6-7-13;/h2-5,8-10,13H,6-7H2,1H3,(H,20,22);1H. The van der Waals surface area contributed by atoms with Gasteiger partial charge in [-0.1, -0.05) is 12.1 Å². The summed E-state index contributed by atoms with van der Waals surface area (Å²) >= 11 is 1.58. The lowest BCUT2D eigenvalue weighted by molar-refractivity contribution is 0.0951. The lowest BCUT2D eigenvalue weighted by Gasteiger charge is -2.06. The van der Waals surface area contributed by atoms with Gasteiger partial charge in [-0.2, -0.15) is 0 Å². The van der Waals surface area contributed by atoms with Gasteiger partial charge in [0.1, 0.15) is 5.03 Å². The van der Waals surface area contributed by atoms with Gasteiger partial charge in [-0.3, -0.25) is 9.20 Å². The van der Waals surface area contributed by atoms with Crippen LogP contribution in [0.4, 0.5) is 0 Å². The number of hydrogen-bond acceptors (Lipinski definition) is 4. The fourth-order valence-electron chi connectivity index (χ4n) is 2.54. The number of nitrogens with one attached hydrogen (secondary N) is 1. The molecule has 1 N–H and O–H groups in total. The topological polar surface area (TPSA) is 59.3 Å². The number of amides is 1. The number of hydrogen-bond donors (Lipinski definition) is 1. The maximum Gasteiger partial charge on any atom is 0.251 e. The number of fused-ring (bicyclic) bond motifs is 1. The molecular weight excluding hydrogens is 308 g/mol. The fourth-order valence-corrected chi connectivity index (χ4v) is 3.04. The zero-order chi connectivity index (χ0) is 15.8. The summed E-state index contributed by atoms with van der Waals surface area (Å²) in [7, 11) is 0. The van der Waals surface area contributed by atoms with Crippen LogP contribution < -0.4 is 5.32 Å². The van der Waals surface area contributed by atoms with E-state index >= 15 is 0 Å². The average molecular weight is 326 g/mol. The molecule has 2 aromatic heterocycles. The molecule has 5 nitrogen and oxygen atoms in total. The smallest absolute Gasteiger partial charge is 0.251 e. The summed E-state index contributed by atoms with van der Waals surface area (Å²) in [5.74, 6) is 0.00561. The van der Waals surface area contributed by atoms with Gasteiger partial charge in [0.15, 0.2) is 5.65 Å². The highest BCUT2D eigenvalue weighted by Crippen LogP contribution is 2.25. The van der Waals surface area contributed by atoms with Crippen molar-refractivity contribution in [3.05, 3.63) is 48.4 Å². The van der Waals surface area contributed by atoms with Gasteiger partial charge in [-0.25, -0.2) is 9.97 Å². The first-order valence-corrected chi connectivity index (χ1v) is 8.76. The van der Waals surface area contributed by atoms with E-state index in [0.29, 0.717) is 11.6 Å². The molecule has 1 amide bonds. The predicted octanol–water partition coefficient (Wildman–Crippen LogP) is 3.26. The van der Waals surface area contributed by atoms with Crippen LogP contribution in [0.3, 0.4) is 0 Å². The number of imidazole rings is 1. The molecule has 3 aromatic rings. The van der Waals surface area contributed by atoms with Crippen molar-refractivity contribution >= 4 is 23.3 Å². The number of aromatic nitrogens is 3. The molecular formula is C17H18N4OS. The molecule has 4 rings (SSSR count). The quantitative estimate of drug-likeness (QED) is 0.748. The molecule has 1 aliphatic rings. The Morgan fingerprint density at radius 1 is 1.30 bits per heavy atom. The number of nitrogens with zero attached hydrogens (tertiary/aromatic N) is 3. The molecule has 2 heterocycles. The molecule has 23 heavy (non-hydrogen) atoms. The summed E-state index contributed by atoms with van der Waals surface area (Å²) in [4.78, 5) is 20.9. The molecule has 1 aromatic carbocycles. The van der Waals surface area contributed by atoms with Crippen molar-refractivity contribution in [1.29, 1.82) is 0 Å². The molecule has 0 aliphatic heterocycles. The molecule has 1 aliphatic carbocycles. The van der Waals surface area contributed by atoms with E-state index in [-0.39, 0.29) is 7.33 Å². The van der Waals surface area contributed by atoms with E-state index < -0.39 is 0 Å². The molecule has 0 unspecified atom stereocenters. The van der Waals surface area contributed by atoms with E-state index in [1.165, 1.54) is 0 Å². The summed E-state index contributed by atoms with van der Waals surface area (Å²) < 4.78 is 2.03. The first-order valence-electron chi connectivity index (χ1n) is 7.53. The Morgan fingerprint density at radius 2 is 2.09 bits per heavy atom. The summed E-state index contributed by atoms with van der Waals surface area (Å²) in [5, 5.41) is 3.90. The SMILES string of the molecule is CSc1nccn2c(-c3ccc(C(=O)NC4CC4)cc3)cnc12.[HH]. The highest BCUT2D eigenvalue weighted by atomic mass is 32.2. The van der Waals surface area contributed by atoms with Gasteiger partial charge in [-0.05, 0) is 31.2 Å². The minimum absolute atomic E-state index is 0. The van der Waals surface area contributed by atoms with E-state index in [0.717, 1.165) is 34.8 Å². The first kappa shape index (κ1) is 14.3. The maximum atomic E-state index is 12.0. The Labute approximate surface area is 139 Å². The third-order valence-electron chi connectivity index (χ3n) is 3.94. The maximum absolute atomic E-state index is 12.0. The molecule has 0 atom stereocenters. The molecule has 1 fully saturated rings. The lowest BCUT2D eigenvalue weighted by atomic mass is 10.1. The van der Waals surface area contributed by atoms with Crippen molar-refractivity contribution in [3.8, 4) is 11.3 Å². The van der Waals surface area contributed by atoms with E-state index in [9.17, 15) is 4.79 Å². The third-order valence-corrected chi connectivity index (χ3v) is 4.62. The summed E-state index contributed by atoms with van der Waals surface area (Å²) in [6, 6.07) is 8.03. The molecule has 118 valence electrons. The van der Waals surface area contributed by atoms with Crippen LogP contribution in [-0.4, -0.2) is 32.6 Å². The van der Waals surface area contributed by atoms with Crippen LogP contribution in [-0.2, 0) is 0 Å². The zero-order valence-corrected chi connectivity index (χ0v) is 13.5. The van der Waals surface area contributed by atoms with Gasteiger partial charge in [0, 0.05) is 31.0 Å².